The lowest BCUT2D eigenvalue weighted by molar-refractivity contribution is 0.184. The van der Waals surface area contributed by atoms with Gasteiger partial charge in [-0.3, -0.25) is 4.99 Å². The molecule has 24 heavy (non-hydrogen) atoms. The molecule has 128 valence electrons. The minimum Gasteiger partial charge on any atom is -0.391 e. The van der Waals surface area contributed by atoms with E-state index in [9.17, 15) is 5.11 Å². The highest BCUT2D eigenvalue weighted by molar-refractivity contribution is 14.0. The van der Waals surface area contributed by atoms with Crippen molar-refractivity contribution in [2.75, 3.05) is 11.9 Å². The molecule has 0 aromatic heterocycles. The van der Waals surface area contributed by atoms with E-state index in [1.807, 2.05) is 36.4 Å². The molecule has 1 unspecified atom stereocenters. The fourth-order valence-corrected chi connectivity index (χ4v) is 2.99. The number of benzene rings is 2. The third kappa shape index (κ3) is 5.21. The van der Waals surface area contributed by atoms with Crippen LogP contribution in [0.1, 0.15) is 23.1 Å². The Morgan fingerprint density at radius 1 is 1.12 bits per heavy atom. The van der Waals surface area contributed by atoms with Gasteiger partial charge < -0.3 is 16.2 Å². The number of nitrogens with one attached hydrogen (secondary N) is 1. The van der Waals surface area contributed by atoms with Crippen molar-refractivity contribution in [2.45, 2.75) is 31.8 Å². The van der Waals surface area contributed by atoms with Crippen LogP contribution in [-0.4, -0.2) is 23.7 Å². The molecule has 1 aliphatic carbocycles. The van der Waals surface area contributed by atoms with Gasteiger partial charge in [0.2, 0.25) is 0 Å². The second-order valence-electron chi connectivity index (χ2n) is 6.03. The van der Waals surface area contributed by atoms with Gasteiger partial charge in [0.15, 0.2) is 5.96 Å². The van der Waals surface area contributed by atoms with Crippen LogP contribution in [0.5, 0.6) is 0 Å². The number of hydrogen-bond donors (Lipinski definition) is 3. The summed E-state index contributed by atoms with van der Waals surface area (Å²) < 4.78 is 0. The van der Waals surface area contributed by atoms with Crippen molar-refractivity contribution in [2.24, 2.45) is 10.7 Å². The minimum absolute atomic E-state index is 0. The topological polar surface area (TPSA) is 70.6 Å². The van der Waals surface area contributed by atoms with Gasteiger partial charge in [0.25, 0.3) is 0 Å². The summed E-state index contributed by atoms with van der Waals surface area (Å²) in [6.07, 6.45) is 3.59. The maximum Gasteiger partial charge on any atom is 0.193 e. The van der Waals surface area contributed by atoms with Crippen LogP contribution in [-0.2, 0) is 19.3 Å². The van der Waals surface area contributed by atoms with Crippen LogP contribution in [0.25, 0.3) is 0 Å². The van der Waals surface area contributed by atoms with E-state index >= 15 is 0 Å². The molecule has 0 aliphatic heterocycles. The van der Waals surface area contributed by atoms with Crippen LogP contribution in [0.3, 0.4) is 0 Å². The molecule has 0 spiro atoms. The van der Waals surface area contributed by atoms with Gasteiger partial charge in [0, 0.05) is 12.1 Å². The Hall–Kier alpha value is -1.60. The summed E-state index contributed by atoms with van der Waals surface area (Å²) in [5.74, 6) is 0.343. The van der Waals surface area contributed by atoms with E-state index in [4.69, 9.17) is 5.73 Å². The Morgan fingerprint density at radius 3 is 2.67 bits per heavy atom. The number of aliphatic hydroxyl groups excluding tert-OH is 1. The molecule has 0 amide bonds. The number of aliphatic hydroxyl groups is 1. The Bertz CT molecular complexity index is 688. The van der Waals surface area contributed by atoms with Crippen molar-refractivity contribution in [3.63, 3.8) is 0 Å². The normalized spacial score (nSPS) is 14.6. The molecule has 0 radical (unpaired) electrons. The molecule has 4 N–H and O–H groups in total. The third-order valence-electron chi connectivity index (χ3n) is 4.16. The Balaban J connectivity index is 0.00000208. The molecule has 1 atom stereocenters. The minimum atomic E-state index is -0.530. The molecule has 1 aliphatic rings. The van der Waals surface area contributed by atoms with Gasteiger partial charge in [0.1, 0.15) is 0 Å². The maximum absolute atomic E-state index is 10.1. The molecule has 3 rings (SSSR count). The van der Waals surface area contributed by atoms with Crippen molar-refractivity contribution >= 4 is 35.6 Å². The van der Waals surface area contributed by atoms with E-state index in [1.54, 1.807) is 0 Å². The van der Waals surface area contributed by atoms with Crippen LogP contribution < -0.4 is 11.1 Å². The van der Waals surface area contributed by atoms with E-state index in [2.05, 4.69) is 22.4 Å². The van der Waals surface area contributed by atoms with Crippen LogP contribution in [0.2, 0.25) is 0 Å². The number of hydrogen-bond acceptors (Lipinski definition) is 2. The lowest BCUT2D eigenvalue weighted by Gasteiger charge is -2.10. The van der Waals surface area contributed by atoms with E-state index < -0.39 is 6.10 Å². The number of rotatable bonds is 5. The molecule has 0 fully saturated rings. The van der Waals surface area contributed by atoms with Gasteiger partial charge in [0.05, 0.1) is 12.6 Å². The standard InChI is InChI=1S/C19H23N3O.HI/c20-19(21-13-18(23)11-14-5-2-1-3-6-14)22-17-10-9-15-7-4-8-16(15)12-17;/h1-3,5-6,9-10,12,18,23H,4,7-8,11,13H2,(H3,20,21,22);1H. The fraction of sp³-hybridized carbons (Fsp3) is 0.316. The molecule has 2 aromatic rings. The van der Waals surface area contributed by atoms with Gasteiger partial charge >= 0.3 is 0 Å². The van der Waals surface area contributed by atoms with E-state index in [0.29, 0.717) is 18.9 Å². The number of nitrogens with zero attached hydrogens (tertiary/aromatic N) is 1. The average Bonchev–Trinajstić information content (AvgIpc) is 3.01. The monoisotopic (exact) mass is 437 g/mol. The number of guanidine groups is 1. The van der Waals surface area contributed by atoms with Crippen molar-refractivity contribution in [1.82, 2.24) is 0 Å². The largest absolute Gasteiger partial charge is 0.391 e. The number of aliphatic imine (C=N–C) groups is 1. The summed E-state index contributed by atoms with van der Waals surface area (Å²) in [6.45, 7) is 0.290. The van der Waals surface area contributed by atoms with Crippen LogP contribution >= 0.6 is 24.0 Å². The summed E-state index contributed by atoms with van der Waals surface area (Å²) in [5.41, 5.74) is 10.8. The quantitative estimate of drug-likeness (QED) is 0.383. The molecule has 0 saturated carbocycles. The summed E-state index contributed by atoms with van der Waals surface area (Å²) in [6, 6.07) is 16.2. The van der Waals surface area contributed by atoms with Crippen molar-refractivity contribution in [1.29, 1.82) is 0 Å². The van der Waals surface area contributed by atoms with Crippen LogP contribution in [0, 0.1) is 0 Å². The van der Waals surface area contributed by atoms with E-state index in [0.717, 1.165) is 17.7 Å². The lowest BCUT2D eigenvalue weighted by Crippen LogP contribution is -2.25. The number of halogens is 1. The zero-order valence-corrected chi connectivity index (χ0v) is 15.9. The predicted octanol–water partition coefficient (Wildman–Crippen LogP) is 3.12. The summed E-state index contributed by atoms with van der Waals surface area (Å²) in [5, 5.41) is 13.2. The second kappa shape index (κ2) is 9.03. The molecule has 0 bridgehead atoms. The first-order chi connectivity index (χ1) is 11.2. The van der Waals surface area contributed by atoms with Crippen LogP contribution in [0.15, 0.2) is 53.5 Å². The van der Waals surface area contributed by atoms with Crippen molar-refractivity contribution < 1.29 is 5.11 Å². The average molecular weight is 437 g/mol. The Labute approximate surface area is 160 Å². The van der Waals surface area contributed by atoms with Crippen molar-refractivity contribution in [3.05, 3.63) is 65.2 Å². The predicted molar refractivity (Wildman–Crippen MR) is 110 cm³/mol. The molecule has 5 heteroatoms. The summed E-state index contributed by atoms with van der Waals surface area (Å²) in [4.78, 5) is 4.24. The highest BCUT2D eigenvalue weighted by Gasteiger charge is 2.11. The molecule has 0 saturated heterocycles. The van der Waals surface area contributed by atoms with E-state index in [-0.39, 0.29) is 24.0 Å². The first kappa shape index (κ1) is 18.7. The zero-order chi connectivity index (χ0) is 16.1. The first-order valence-corrected chi connectivity index (χ1v) is 8.11. The van der Waals surface area contributed by atoms with Gasteiger partial charge in [-0.2, -0.15) is 0 Å². The number of nitrogens with two attached hydrogens (primary N) is 1. The van der Waals surface area contributed by atoms with Gasteiger partial charge in [-0.25, -0.2) is 0 Å². The number of aryl methyl sites for hydroxylation is 2. The first-order valence-electron chi connectivity index (χ1n) is 8.11. The maximum atomic E-state index is 10.1. The van der Waals surface area contributed by atoms with Crippen LogP contribution in [0.4, 0.5) is 5.69 Å². The van der Waals surface area contributed by atoms with Gasteiger partial charge in [-0.15, -0.1) is 24.0 Å². The Kier molecular flexibility index (Phi) is 7.05. The molecular formula is C19H24IN3O. The smallest absolute Gasteiger partial charge is 0.193 e. The molecule has 4 nitrogen and oxygen atoms in total. The second-order valence-corrected chi connectivity index (χ2v) is 6.03. The summed E-state index contributed by atoms with van der Waals surface area (Å²) in [7, 11) is 0. The third-order valence-corrected chi connectivity index (χ3v) is 4.16. The molecule has 2 aromatic carbocycles. The molecular weight excluding hydrogens is 413 g/mol. The van der Waals surface area contributed by atoms with E-state index in [1.165, 1.54) is 24.0 Å². The highest BCUT2D eigenvalue weighted by Crippen LogP contribution is 2.24. The zero-order valence-electron chi connectivity index (χ0n) is 13.6. The fourth-order valence-electron chi connectivity index (χ4n) is 2.99. The van der Waals surface area contributed by atoms with Gasteiger partial charge in [-0.05, 0) is 48.1 Å². The SMILES string of the molecule is I.NC(=NCC(O)Cc1ccccc1)Nc1ccc2c(c1)CCC2. The highest BCUT2D eigenvalue weighted by atomic mass is 127. The molecule has 0 heterocycles. The van der Waals surface area contributed by atoms with Crippen molar-refractivity contribution in [3.8, 4) is 0 Å². The number of anilines is 1. The lowest BCUT2D eigenvalue weighted by atomic mass is 10.1. The number of fused-ring (bicyclic) bond motifs is 1. The Morgan fingerprint density at radius 2 is 1.88 bits per heavy atom. The summed E-state index contributed by atoms with van der Waals surface area (Å²) >= 11 is 0. The van der Waals surface area contributed by atoms with Gasteiger partial charge in [-0.1, -0.05) is 36.4 Å².